The summed E-state index contributed by atoms with van der Waals surface area (Å²) in [6.07, 6.45) is 0.758. The van der Waals surface area contributed by atoms with Crippen LogP contribution in [0.25, 0.3) is 0 Å². The molecule has 1 atom stereocenters. The summed E-state index contributed by atoms with van der Waals surface area (Å²) < 4.78 is 5.16. The SMILES string of the molecule is COc1ccc(CCN2C(=O)N(N)CC2c2ccc(Cl)cc2)cc1. The number of benzene rings is 2. The van der Waals surface area contributed by atoms with E-state index in [9.17, 15) is 4.79 Å². The second-order valence-corrected chi connectivity index (χ2v) is 6.23. The van der Waals surface area contributed by atoms with E-state index in [1.165, 1.54) is 5.01 Å². The molecule has 1 saturated heterocycles. The Kier molecular flexibility index (Phi) is 4.92. The lowest BCUT2D eigenvalue weighted by Crippen LogP contribution is -2.37. The quantitative estimate of drug-likeness (QED) is 0.668. The van der Waals surface area contributed by atoms with Crippen LogP contribution in [0.3, 0.4) is 0 Å². The molecule has 2 aromatic carbocycles. The van der Waals surface area contributed by atoms with Crippen LogP contribution in [0.2, 0.25) is 5.02 Å². The smallest absolute Gasteiger partial charge is 0.334 e. The molecule has 2 aromatic rings. The zero-order chi connectivity index (χ0) is 17.1. The summed E-state index contributed by atoms with van der Waals surface area (Å²) in [5.41, 5.74) is 2.18. The van der Waals surface area contributed by atoms with Gasteiger partial charge >= 0.3 is 6.03 Å². The summed E-state index contributed by atoms with van der Waals surface area (Å²) in [4.78, 5) is 14.2. The zero-order valence-electron chi connectivity index (χ0n) is 13.5. The highest BCUT2D eigenvalue weighted by Crippen LogP contribution is 2.29. The van der Waals surface area contributed by atoms with Gasteiger partial charge in [0.05, 0.1) is 19.7 Å². The first-order chi connectivity index (χ1) is 11.6. The second-order valence-electron chi connectivity index (χ2n) is 5.79. The van der Waals surface area contributed by atoms with E-state index in [0.717, 1.165) is 23.3 Å². The van der Waals surface area contributed by atoms with Crippen molar-refractivity contribution in [1.29, 1.82) is 0 Å². The fourth-order valence-electron chi connectivity index (χ4n) is 2.92. The van der Waals surface area contributed by atoms with E-state index in [1.807, 2.05) is 53.4 Å². The number of urea groups is 1. The summed E-state index contributed by atoms with van der Waals surface area (Å²) in [6, 6.07) is 15.2. The van der Waals surface area contributed by atoms with E-state index in [1.54, 1.807) is 7.11 Å². The van der Waals surface area contributed by atoms with Crippen LogP contribution in [0.15, 0.2) is 48.5 Å². The molecule has 0 aromatic heterocycles. The van der Waals surface area contributed by atoms with E-state index in [0.29, 0.717) is 18.1 Å². The molecule has 24 heavy (non-hydrogen) atoms. The Labute approximate surface area is 146 Å². The molecule has 1 aliphatic heterocycles. The summed E-state index contributed by atoms with van der Waals surface area (Å²) in [6.45, 7) is 1.08. The number of carbonyl (C=O) groups is 1. The molecule has 0 spiro atoms. The Balaban J connectivity index is 1.73. The number of nitrogens with two attached hydrogens (primary N) is 1. The highest BCUT2D eigenvalue weighted by atomic mass is 35.5. The maximum atomic E-state index is 12.4. The van der Waals surface area contributed by atoms with E-state index in [4.69, 9.17) is 22.2 Å². The molecule has 1 heterocycles. The molecule has 1 aliphatic rings. The van der Waals surface area contributed by atoms with Gasteiger partial charge in [0, 0.05) is 11.6 Å². The molecule has 2 N–H and O–H groups in total. The largest absolute Gasteiger partial charge is 0.497 e. The lowest BCUT2D eigenvalue weighted by atomic mass is 10.1. The fourth-order valence-corrected chi connectivity index (χ4v) is 3.05. The molecule has 2 amide bonds. The van der Waals surface area contributed by atoms with E-state index in [-0.39, 0.29) is 12.1 Å². The van der Waals surface area contributed by atoms with Crippen molar-refractivity contribution in [2.24, 2.45) is 5.84 Å². The standard InChI is InChI=1S/C18H20ClN3O2/c1-24-16-8-2-13(3-9-16)10-11-21-17(12-22(20)18(21)23)14-4-6-15(19)7-5-14/h2-9,17H,10-12,20H2,1H3. The third-order valence-electron chi connectivity index (χ3n) is 4.29. The monoisotopic (exact) mass is 345 g/mol. The first-order valence-corrected chi connectivity index (χ1v) is 8.17. The molecule has 5 nitrogen and oxygen atoms in total. The van der Waals surface area contributed by atoms with Gasteiger partial charge in [0.15, 0.2) is 0 Å². The predicted molar refractivity (Wildman–Crippen MR) is 93.9 cm³/mol. The third kappa shape index (κ3) is 3.47. The lowest BCUT2D eigenvalue weighted by molar-refractivity contribution is 0.187. The minimum Gasteiger partial charge on any atom is -0.497 e. The number of amides is 2. The average molecular weight is 346 g/mol. The van der Waals surface area contributed by atoms with Crippen molar-refractivity contribution in [1.82, 2.24) is 9.91 Å². The van der Waals surface area contributed by atoms with Gasteiger partial charge in [-0.15, -0.1) is 0 Å². The first kappa shape index (κ1) is 16.6. The second kappa shape index (κ2) is 7.11. The molecule has 6 heteroatoms. The Bertz CT molecular complexity index is 703. The predicted octanol–water partition coefficient (Wildman–Crippen LogP) is 3.24. The van der Waals surface area contributed by atoms with Crippen molar-refractivity contribution < 1.29 is 9.53 Å². The van der Waals surface area contributed by atoms with Crippen molar-refractivity contribution in [2.45, 2.75) is 12.5 Å². The van der Waals surface area contributed by atoms with Crippen molar-refractivity contribution >= 4 is 17.6 Å². The van der Waals surface area contributed by atoms with Crippen molar-refractivity contribution in [3.63, 3.8) is 0 Å². The summed E-state index contributed by atoms with van der Waals surface area (Å²) in [5.74, 6) is 6.66. The normalized spacial score (nSPS) is 17.5. The van der Waals surface area contributed by atoms with Crippen LogP contribution in [-0.4, -0.2) is 36.1 Å². The number of carbonyl (C=O) groups excluding carboxylic acids is 1. The fraction of sp³-hybridized carbons (Fsp3) is 0.278. The van der Waals surface area contributed by atoms with Gasteiger partial charge in [-0.05, 0) is 41.8 Å². The van der Waals surface area contributed by atoms with Gasteiger partial charge in [-0.1, -0.05) is 35.9 Å². The number of ether oxygens (including phenoxy) is 1. The molecule has 0 saturated carbocycles. The van der Waals surface area contributed by atoms with Gasteiger partial charge in [0.2, 0.25) is 0 Å². The first-order valence-electron chi connectivity index (χ1n) is 7.79. The third-order valence-corrected chi connectivity index (χ3v) is 4.54. The van der Waals surface area contributed by atoms with Crippen LogP contribution in [-0.2, 0) is 6.42 Å². The summed E-state index contributed by atoms with van der Waals surface area (Å²) in [5, 5.41) is 1.95. The number of nitrogens with zero attached hydrogens (tertiary/aromatic N) is 2. The van der Waals surface area contributed by atoms with Gasteiger partial charge in [0.1, 0.15) is 5.75 Å². The molecule has 0 bridgehead atoms. The number of hydrogen-bond donors (Lipinski definition) is 1. The maximum Gasteiger partial charge on any atom is 0.334 e. The topological polar surface area (TPSA) is 58.8 Å². The molecular formula is C18H20ClN3O2. The van der Waals surface area contributed by atoms with Crippen LogP contribution in [0.5, 0.6) is 5.75 Å². The molecule has 1 unspecified atom stereocenters. The minimum absolute atomic E-state index is 0.0574. The Hall–Kier alpha value is -2.24. The van der Waals surface area contributed by atoms with Crippen LogP contribution in [0.4, 0.5) is 4.79 Å². The van der Waals surface area contributed by atoms with Gasteiger partial charge in [-0.3, -0.25) is 5.01 Å². The lowest BCUT2D eigenvalue weighted by Gasteiger charge is -2.23. The van der Waals surface area contributed by atoms with E-state index < -0.39 is 0 Å². The zero-order valence-corrected chi connectivity index (χ0v) is 14.2. The van der Waals surface area contributed by atoms with E-state index in [2.05, 4.69) is 0 Å². The molecular weight excluding hydrogens is 326 g/mol. The number of hydrogen-bond acceptors (Lipinski definition) is 3. The van der Waals surface area contributed by atoms with Gasteiger partial charge in [0.25, 0.3) is 0 Å². The Morgan fingerprint density at radius 3 is 2.46 bits per heavy atom. The number of hydrazine groups is 1. The average Bonchev–Trinajstić information content (AvgIpc) is 2.89. The van der Waals surface area contributed by atoms with Crippen molar-refractivity contribution in [3.8, 4) is 5.75 Å². The van der Waals surface area contributed by atoms with E-state index >= 15 is 0 Å². The number of methoxy groups -OCH3 is 1. The molecule has 0 radical (unpaired) electrons. The van der Waals surface area contributed by atoms with Crippen LogP contribution < -0.4 is 10.6 Å². The highest BCUT2D eigenvalue weighted by Gasteiger charge is 2.36. The van der Waals surface area contributed by atoms with Gasteiger partial charge < -0.3 is 9.64 Å². The summed E-state index contributed by atoms with van der Waals surface area (Å²) >= 11 is 5.95. The molecule has 0 aliphatic carbocycles. The van der Waals surface area contributed by atoms with Crippen LogP contribution in [0.1, 0.15) is 17.2 Å². The van der Waals surface area contributed by atoms with Crippen molar-refractivity contribution in [3.05, 3.63) is 64.7 Å². The maximum absolute atomic E-state index is 12.4. The summed E-state index contributed by atoms with van der Waals surface area (Å²) in [7, 11) is 1.64. The Morgan fingerprint density at radius 1 is 1.17 bits per heavy atom. The van der Waals surface area contributed by atoms with Crippen LogP contribution in [0, 0.1) is 0 Å². The van der Waals surface area contributed by atoms with Crippen molar-refractivity contribution in [2.75, 3.05) is 20.2 Å². The molecule has 1 fully saturated rings. The minimum atomic E-state index is -0.150. The van der Waals surface area contributed by atoms with Crippen LogP contribution >= 0.6 is 11.6 Å². The Morgan fingerprint density at radius 2 is 1.83 bits per heavy atom. The molecule has 3 rings (SSSR count). The number of rotatable bonds is 5. The number of halogens is 1. The molecule has 126 valence electrons. The highest BCUT2D eigenvalue weighted by molar-refractivity contribution is 6.30. The van der Waals surface area contributed by atoms with Gasteiger partial charge in [-0.25, -0.2) is 10.6 Å². The van der Waals surface area contributed by atoms with Gasteiger partial charge in [-0.2, -0.15) is 0 Å².